The molecule has 21 heavy (non-hydrogen) atoms. The van der Waals surface area contributed by atoms with Crippen molar-refractivity contribution >= 4 is 11.8 Å². The Bertz CT molecular complexity index is 589. The first-order valence-corrected chi connectivity index (χ1v) is 7.86. The van der Waals surface area contributed by atoms with Crippen molar-refractivity contribution in [2.24, 2.45) is 0 Å². The molecule has 0 aliphatic rings. The average molecular weight is 305 g/mol. The fourth-order valence-corrected chi connectivity index (χ4v) is 3.00. The van der Waals surface area contributed by atoms with Gasteiger partial charge in [-0.05, 0) is 43.3 Å². The number of rotatable bonds is 7. The van der Waals surface area contributed by atoms with Gasteiger partial charge in [-0.2, -0.15) is 0 Å². The van der Waals surface area contributed by atoms with E-state index in [1.54, 1.807) is 24.9 Å². The molecule has 2 nitrogen and oxygen atoms in total. The van der Waals surface area contributed by atoms with E-state index < -0.39 is 0 Å². The largest absolute Gasteiger partial charge is 0.497 e. The van der Waals surface area contributed by atoms with Crippen molar-refractivity contribution in [2.75, 3.05) is 13.7 Å². The smallest absolute Gasteiger partial charge is 0.128 e. The van der Waals surface area contributed by atoms with Crippen LogP contribution < -0.4 is 10.1 Å². The molecule has 0 atom stereocenters. The second kappa shape index (κ2) is 8.05. The Morgan fingerprint density at radius 3 is 2.76 bits per heavy atom. The summed E-state index contributed by atoms with van der Waals surface area (Å²) in [6.07, 6.45) is 1.03. The van der Waals surface area contributed by atoms with E-state index in [4.69, 9.17) is 4.74 Å². The first kappa shape index (κ1) is 15.9. The second-order valence-corrected chi connectivity index (χ2v) is 5.79. The van der Waals surface area contributed by atoms with Crippen molar-refractivity contribution < 1.29 is 9.13 Å². The van der Waals surface area contributed by atoms with Crippen LogP contribution in [0.2, 0.25) is 0 Å². The third-order valence-corrected chi connectivity index (χ3v) is 4.17. The van der Waals surface area contributed by atoms with Crippen LogP contribution in [0.15, 0.2) is 52.3 Å². The summed E-state index contributed by atoms with van der Waals surface area (Å²) in [6.45, 7) is 3.53. The first-order chi connectivity index (χ1) is 10.2. The van der Waals surface area contributed by atoms with Crippen LogP contribution in [0.5, 0.6) is 5.75 Å². The van der Waals surface area contributed by atoms with E-state index in [2.05, 4.69) is 12.2 Å². The molecule has 0 aliphatic heterocycles. The Morgan fingerprint density at radius 1 is 1.19 bits per heavy atom. The number of methoxy groups -OCH3 is 1. The van der Waals surface area contributed by atoms with Gasteiger partial charge in [0.05, 0.1) is 7.11 Å². The number of hydrogen-bond donors (Lipinski definition) is 1. The Labute approximate surface area is 129 Å². The lowest BCUT2D eigenvalue weighted by atomic mass is 10.2. The fourth-order valence-electron chi connectivity index (χ4n) is 1.99. The van der Waals surface area contributed by atoms with Crippen LogP contribution in [-0.4, -0.2) is 13.7 Å². The number of halogens is 1. The van der Waals surface area contributed by atoms with Gasteiger partial charge in [0.15, 0.2) is 0 Å². The number of nitrogens with one attached hydrogen (secondary N) is 1. The standard InChI is InChI=1S/C17H20FNOS/c1-3-10-19-12-15-16(18)8-5-9-17(15)21-14-7-4-6-13(11-14)20-2/h4-9,11,19H,3,10,12H2,1-2H3. The van der Waals surface area contributed by atoms with Gasteiger partial charge in [0, 0.05) is 21.9 Å². The van der Waals surface area contributed by atoms with Gasteiger partial charge in [-0.3, -0.25) is 0 Å². The van der Waals surface area contributed by atoms with Gasteiger partial charge in [-0.15, -0.1) is 0 Å². The van der Waals surface area contributed by atoms with E-state index in [0.717, 1.165) is 34.1 Å². The maximum Gasteiger partial charge on any atom is 0.128 e. The van der Waals surface area contributed by atoms with Crippen molar-refractivity contribution in [3.05, 3.63) is 53.8 Å². The van der Waals surface area contributed by atoms with E-state index in [1.165, 1.54) is 6.07 Å². The number of benzene rings is 2. The van der Waals surface area contributed by atoms with Crippen molar-refractivity contribution in [3.63, 3.8) is 0 Å². The summed E-state index contributed by atoms with van der Waals surface area (Å²) >= 11 is 1.56. The van der Waals surface area contributed by atoms with E-state index >= 15 is 0 Å². The summed E-state index contributed by atoms with van der Waals surface area (Å²) in [4.78, 5) is 1.98. The molecular weight excluding hydrogens is 285 g/mol. The van der Waals surface area contributed by atoms with Gasteiger partial charge < -0.3 is 10.1 Å². The van der Waals surface area contributed by atoms with E-state index in [1.807, 2.05) is 30.3 Å². The zero-order chi connectivity index (χ0) is 15.1. The summed E-state index contributed by atoms with van der Waals surface area (Å²) in [5.41, 5.74) is 0.721. The minimum absolute atomic E-state index is 0.161. The highest BCUT2D eigenvalue weighted by atomic mass is 32.2. The van der Waals surface area contributed by atoms with Crippen molar-refractivity contribution in [2.45, 2.75) is 29.7 Å². The molecule has 112 valence electrons. The lowest BCUT2D eigenvalue weighted by molar-refractivity contribution is 0.413. The number of hydrogen-bond acceptors (Lipinski definition) is 3. The molecule has 0 fully saturated rings. The first-order valence-electron chi connectivity index (χ1n) is 7.04. The van der Waals surface area contributed by atoms with Crippen molar-refractivity contribution in [3.8, 4) is 5.75 Å². The molecular formula is C17H20FNOS. The molecule has 0 heterocycles. The predicted molar refractivity (Wildman–Crippen MR) is 85.5 cm³/mol. The molecule has 0 bridgehead atoms. The molecule has 2 aromatic carbocycles. The molecule has 0 saturated carbocycles. The molecule has 0 aromatic heterocycles. The molecule has 1 N–H and O–H groups in total. The third kappa shape index (κ3) is 4.48. The summed E-state index contributed by atoms with van der Waals surface area (Å²) < 4.78 is 19.3. The zero-order valence-corrected chi connectivity index (χ0v) is 13.2. The predicted octanol–water partition coefficient (Wildman–Crippen LogP) is 4.49. The van der Waals surface area contributed by atoms with Crippen LogP contribution in [0.1, 0.15) is 18.9 Å². The van der Waals surface area contributed by atoms with Gasteiger partial charge in [-0.1, -0.05) is 30.8 Å². The minimum atomic E-state index is -0.161. The van der Waals surface area contributed by atoms with Crippen LogP contribution in [-0.2, 0) is 6.54 Å². The van der Waals surface area contributed by atoms with Gasteiger partial charge in [0.1, 0.15) is 11.6 Å². The summed E-state index contributed by atoms with van der Waals surface area (Å²) in [7, 11) is 1.64. The minimum Gasteiger partial charge on any atom is -0.497 e. The van der Waals surface area contributed by atoms with Crippen LogP contribution in [0.3, 0.4) is 0 Å². The summed E-state index contributed by atoms with van der Waals surface area (Å²) in [5, 5.41) is 3.26. The van der Waals surface area contributed by atoms with Crippen molar-refractivity contribution in [1.82, 2.24) is 5.32 Å². The second-order valence-electron chi connectivity index (χ2n) is 4.67. The Balaban J connectivity index is 2.20. The molecule has 4 heteroatoms. The maximum absolute atomic E-state index is 14.0. The molecule has 2 rings (SSSR count). The van der Waals surface area contributed by atoms with Crippen molar-refractivity contribution in [1.29, 1.82) is 0 Å². The van der Waals surface area contributed by atoms with E-state index in [-0.39, 0.29) is 5.82 Å². The van der Waals surface area contributed by atoms with Crippen LogP contribution in [0.25, 0.3) is 0 Å². The van der Waals surface area contributed by atoms with Crippen LogP contribution in [0, 0.1) is 5.82 Å². The molecule has 0 radical (unpaired) electrons. The molecule has 0 amide bonds. The topological polar surface area (TPSA) is 21.3 Å². The summed E-state index contributed by atoms with van der Waals surface area (Å²) in [5.74, 6) is 0.647. The van der Waals surface area contributed by atoms with Gasteiger partial charge in [0.25, 0.3) is 0 Å². The van der Waals surface area contributed by atoms with Gasteiger partial charge >= 0.3 is 0 Å². The van der Waals surface area contributed by atoms with Gasteiger partial charge in [0.2, 0.25) is 0 Å². The Kier molecular flexibility index (Phi) is 6.08. The highest BCUT2D eigenvalue weighted by Gasteiger charge is 2.09. The SMILES string of the molecule is CCCNCc1c(F)cccc1Sc1cccc(OC)c1. The quantitative estimate of drug-likeness (QED) is 0.762. The number of ether oxygens (including phenoxy) is 1. The molecule has 0 aliphatic carbocycles. The van der Waals surface area contributed by atoms with Crippen LogP contribution in [0.4, 0.5) is 4.39 Å². The Hall–Kier alpha value is -1.52. The molecule has 0 spiro atoms. The highest BCUT2D eigenvalue weighted by Crippen LogP contribution is 2.33. The lowest BCUT2D eigenvalue weighted by Gasteiger charge is -2.11. The summed E-state index contributed by atoms with van der Waals surface area (Å²) in [6, 6.07) is 13.0. The van der Waals surface area contributed by atoms with E-state index in [9.17, 15) is 4.39 Å². The fraction of sp³-hybridized carbons (Fsp3) is 0.294. The zero-order valence-electron chi connectivity index (χ0n) is 12.4. The normalized spacial score (nSPS) is 10.6. The van der Waals surface area contributed by atoms with E-state index in [0.29, 0.717) is 6.54 Å². The molecule has 2 aromatic rings. The highest BCUT2D eigenvalue weighted by molar-refractivity contribution is 7.99. The Morgan fingerprint density at radius 2 is 2.00 bits per heavy atom. The average Bonchev–Trinajstić information content (AvgIpc) is 2.50. The van der Waals surface area contributed by atoms with Gasteiger partial charge in [-0.25, -0.2) is 4.39 Å². The third-order valence-electron chi connectivity index (χ3n) is 3.07. The van der Waals surface area contributed by atoms with Crippen LogP contribution >= 0.6 is 11.8 Å². The maximum atomic E-state index is 14.0. The molecule has 0 unspecified atom stereocenters. The molecule has 0 saturated heterocycles. The lowest BCUT2D eigenvalue weighted by Crippen LogP contribution is -2.15. The monoisotopic (exact) mass is 305 g/mol.